The van der Waals surface area contributed by atoms with E-state index in [1.54, 1.807) is 6.07 Å². The predicted molar refractivity (Wildman–Crippen MR) is 83.0 cm³/mol. The second-order valence-corrected chi connectivity index (χ2v) is 6.44. The summed E-state index contributed by atoms with van der Waals surface area (Å²) < 4.78 is 0. The molecule has 0 amide bonds. The average molecular weight is 271 g/mol. The number of fused-ring (bicyclic) bond motifs is 2. The molecule has 2 atom stereocenters. The highest BCUT2D eigenvalue weighted by Crippen LogP contribution is 2.47. The molecule has 1 N–H and O–H groups in total. The molecule has 3 rings (SSSR count). The van der Waals surface area contributed by atoms with Crippen molar-refractivity contribution in [3.63, 3.8) is 0 Å². The van der Waals surface area contributed by atoms with Gasteiger partial charge in [-0.25, -0.2) is 0 Å². The Morgan fingerprint density at radius 1 is 1.40 bits per heavy atom. The summed E-state index contributed by atoms with van der Waals surface area (Å²) in [7, 11) is 0. The minimum absolute atomic E-state index is 0.312. The molecule has 1 aromatic rings. The Hall–Kier alpha value is -1.28. The number of aromatic hydroxyl groups is 1. The summed E-state index contributed by atoms with van der Waals surface area (Å²) in [6.45, 7) is 6.19. The van der Waals surface area contributed by atoms with Crippen LogP contribution in [0.1, 0.15) is 44.1 Å². The molecule has 1 aliphatic carbocycles. The second-order valence-electron chi connectivity index (χ2n) is 6.44. The number of phenols is 1. The Kier molecular flexibility index (Phi) is 3.84. The van der Waals surface area contributed by atoms with Crippen molar-refractivity contribution in [3.05, 3.63) is 42.5 Å². The summed E-state index contributed by atoms with van der Waals surface area (Å²) in [5, 5.41) is 9.78. The van der Waals surface area contributed by atoms with Gasteiger partial charge in [-0.3, -0.25) is 0 Å². The van der Waals surface area contributed by atoms with Crippen LogP contribution in [0.3, 0.4) is 0 Å². The van der Waals surface area contributed by atoms with Crippen LogP contribution in [0.5, 0.6) is 5.75 Å². The van der Waals surface area contributed by atoms with Crippen LogP contribution in [0, 0.1) is 0 Å². The zero-order valence-corrected chi connectivity index (χ0v) is 12.2. The zero-order valence-electron chi connectivity index (χ0n) is 12.2. The number of benzene rings is 1. The molecule has 2 bridgehead atoms. The first-order valence-electron chi connectivity index (χ1n) is 7.88. The van der Waals surface area contributed by atoms with E-state index in [4.69, 9.17) is 0 Å². The Morgan fingerprint density at radius 2 is 2.30 bits per heavy atom. The van der Waals surface area contributed by atoms with Gasteiger partial charge in [-0.2, -0.15) is 0 Å². The summed E-state index contributed by atoms with van der Waals surface area (Å²) in [4.78, 5) is 2.65. The number of hydrogen-bond acceptors (Lipinski definition) is 2. The van der Waals surface area contributed by atoms with Crippen molar-refractivity contribution in [3.8, 4) is 5.75 Å². The molecule has 108 valence electrons. The van der Waals surface area contributed by atoms with E-state index in [-0.39, 0.29) is 0 Å². The van der Waals surface area contributed by atoms with Crippen LogP contribution in [0.4, 0.5) is 0 Å². The van der Waals surface area contributed by atoms with E-state index < -0.39 is 0 Å². The van der Waals surface area contributed by atoms with Gasteiger partial charge in [-0.1, -0.05) is 24.6 Å². The lowest BCUT2D eigenvalue weighted by molar-refractivity contribution is 0.0529. The van der Waals surface area contributed by atoms with E-state index in [1.807, 2.05) is 18.2 Å². The lowest BCUT2D eigenvalue weighted by Crippen LogP contribution is -2.51. The third-order valence-electron chi connectivity index (χ3n) is 5.29. The van der Waals surface area contributed by atoms with Gasteiger partial charge in [-0.05, 0) is 61.8 Å². The van der Waals surface area contributed by atoms with E-state index in [2.05, 4.69) is 17.5 Å². The highest BCUT2D eigenvalue weighted by Gasteiger charge is 2.43. The van der Waals surface area contributed by atoms with Crippen LogP contribution in [-0.2, 0) is 5.41 Å². The van der Waals surface area contributed by atoms with E-state index in [0.29, 0.717) is 11.2 Å². The number of hydrogen-bond donors (Lipinski definition) is 1. The first-order valence-corrected chi connectivity index (χ1v) is 7.88. The topological polar surface area (TPSA) is 23.5 Å². The van der Waals surface area contributed by atoms with Gasteiger partial charge in [-0.15, -0.1) is 6.58 Å². The Labute approximate surface area is 122 Å². The molecular formula is C18H25NO. The monoisotopic (exact) mass is 271 g/mol. The Morgan fingerprint density at radius 3 is 3.10 bits per heavy atom. The molecular weight excluding hydrogens is 246 g/mol. The fraction of sp³-hybridized carbons (Fsp3) is 0.556. The van der Waals surface area contributed by atoms with Gasteiger partial charge in [0.15, 0.2) is 0 Å². The molecule has 1 aromatic carbocycles. The van der Waals surface area contributed by atoms with Crippen molar-refractivity contribution in [2.75, 3.05) is 13.1 Å². The third-order valence-corrected chi connectivity index (χ3v) is 5.29. The predicted octanol–water partition coefficient (Wildman–Crippen LogP) is 3.85. The molecule has 1 aliphatic heterocycles. The summed E-state index contributed by atoms with van der Waals surface area (Å²) in [5.74, 6) is 0.410. The van der Waals surface area contributed by atoms with Crippen molar-refractivity contribution < 1.29 is 5.11 Å². The molecule has 0 aromatic heterocycles. The second kappa shape index (κ2) is 5.61. The Bertz CT molecular complexity index is 484. The fourth-order valence-corrected chi connectivity index (χ4v) is 4.20. The molecule has 0 unspecified atom stereocenters. The standard InChI is InChI=1S/C18H25NO/c1-2-3-11-19-12-10-18(9-5-7-16(19)14-18)15-6-4-8-17(20)13-15/h2,4,6,8,13,16,20H,1,3,5,7,9-12,14H2/t16-,18+/m0/s1. The van der Waals surface area contributed by atoms with E-state index in [0.717, 1.165) is 19.0 Å². The molecule has 2 nitrogen and oxygen atoms in total. The van der Waals surface area contributed by atoms with E-state index >= 15 is 0 Å². The van der Waals surface area contributed by atoms with Crippen molar-refractivity contribution in [2.24, 2.45) is 0 Å². The van der Waals surface area contributed by atoms with Gasteiger partial charge in [0.05, 0.1) is 0 Å². The van der Waals surface area contributed by atoms with E-state index in [9.17, 15) is 5.11 Å². The molecule has 2 heteroatoms. The van der Waals surface area contributed by atoms with Crippen molar-refractivity contribution in [2.45, 2.75) is 50.0 Å². The first kappa shape index (κ1) is 13.7. The molecule has 0 radical (unpaired) electrons. The maximum Gasteiger partial charge on any atom is 0.115 e. The van der Waals surface area contributed by atoms with Crippen LogP contribution in [0.2, 0.25) is 0 Å². The van der Waals surface area contributed by atoms with E-state index in [1.165, 1.54) is 44.2 Å². The molecule has 2 fully saturated rings. The lowest BCUT2D eigenvalue weighted by Gasteiger charge is -2.51. The number of nitrogens with zero attached hydrogens (tertiary/aromatic N) is 1. The molecule has 1 heterocycles. The maximum absolute atomic E-state index is 9.78. The molecule has 0 spiro atoms. The maximum atomic E-state index is 9.78. The van der Waals surface area contributed by atoms with Crippen molar-refractivity contribution in [1.82, 2.24) is 4.90 Å². The average Bonchev–Trinajstić information content (AvgIpc) is 2.47. The molecule has 1 saturated carbocycles. The van der Waals surface area contributed by atoms with Gasteiger partial charge >= 0.3 is 0 Å². The SMILES string of the molecule is C=CCCN1CC[C@]2(c3cccc(O)c3)CCC[C@H]1C2. The fourth-order valence-electron chi connectivity index (χ4n) is 4.20. The molecule has 20 heavy (non-hydrogen) atoms. The van der Waals surface area contributed by atoms with Crippen LogP contribution >= 0.6 is 0 Å². The first-order chi connectivity index (χ1) is 9.73. The summed E-state index contributed by atoms with van der Waals surface area (Å²) in [6, 6.07) is 8.69. The summed E-state index contributed by atoms with van der Waals surface area (Å²) >= 11 is 0. The number of piperidine rings is 1. The minimum Gasteiger partial charge on any atom is -0.508 e. The van der Waals surface area contributed by atoms with Crippen LogP contribution < -0.4 is 0 Å². The highest BCUT2D eigenvalue weighted by atomic mass is 16.3. The van der Waals surface area contributed by atoms with Gasteiger partial charge in [0.2, 0.25) is 0 Å². The minimum atomic E-state index is 0.312. The van der Waals surface area contributed by atoms with Gasteiger partial charge in [0.25, 0.3) is 0 Å². The Balaban J connectivity index is 1.80. The van der Waals surface area contributed by atoms with Crippen molar-refractivity contribution >= 4 is 0 Å². The van der Waals surface area contributed by atoms with Gasteiger partial charge < -0.3 is 10.0 Å². The van der Waals surface area contributed by atoms with Gasteiger partial charge in [0.1, 0.15) is 5.75 Å². The number of phenolic OH excluding ortho intramolecular Hbond substituents is 1. The van der Waals surface area contributed by atoms with Crippen molar-refractivity contribution in [1.29, 1.82) is 0 Å². The highest BCUT2D eigenvalue weighted by molar-refractivity contribution is 5.34. The summed E-state index contributed by atoms with van der Waals surface area (Å²) in [5.41, 5.74) is 1.66. The third kappa shape index (κ3) is 2.49. The van der Waals surface area contributed by atoms with Crippen LogP contribution in [0.25, 0.3) is 0 Å². The number of rotatable bonds is 4. The van der Waals surface area contributed by atoms with Crippen LogP contribution in [-0.4, -0.2) is 29.1 Å². The summed E-state index contributed by atoms with van der Waals surface area (Å²) in [6.07, 6.45) is 9.53. The lowest BCUT2D eigenvalue weighted by atomic mass is 9.63. The number of likely N-dealkylation sites (tertiary alicyclic amines) is 1. The molecule has 2 aliphatic rings. The zero-order chi connectivity index (χ0) is 14.0. The quantitative estimate of drug-likeness (QED) is 0.841. The normalized spacial score (nSPS) is 30.1. The molecule has 1 saturated heterocycles. The smallest absolute Gasteiger partial charge is 0.115 e. The van der Waals surface area contributed by atoms with Crippen LogP contribution in [0.15, 0.2) is 36.9 Å². The largest absolute Gasteiger partial charge is 0.508 e. The van der Waals surface area contributed by atoms with Gasteiger partial charge in [0, 0.05) is 12.6 Å².